The van der Waals surface area contributed by atoms with Crippen LogP contribution in [0.4, 0.5) is 0 Å². The van der Waals surface area contributed by atoms with Crippen LogP contribution in [0.1, 0.15) is 16.1 Å². The second-order valence-electron chi connectivity index (χ2n) is 3.05. The van der Waals surface area contributed by atoms with Crippen molar-refractivity contribution in [3.63, 3.8) is 0 Å². The SMILES string of the molecule is O=C(O)c1coc(CNC(CO)CO)c1. The number of rotatable bonds is 6. The highest BCUT2D eigenvalue weighted by Gasteiger charge is 2.10. The highest BCUT2D eigenvalue weighted by atomic mass is 16.4. The van der Waals surface area contributed by atoms with Gasteiger partial charge in [-0.25, -0.2) is 4.79 Å². The second kappa shape index (κ2) is 5.50. The van der Waals surface area contributed by atoms with Gasteiger partial charge < -0.3 is 25.1 Å². The molecule has 0 saturated carbocycles. The minimum Gasteiger partial charge on any atom is -0.478 e. The fourth-order valence-corrected chi connectivity index (χ4v) is 1.02. The number of carboxylic acid groups (broad SMARTS) is 1. The molecule has 0 saturated heterocycles. The highest BCUT2D eigenvalue weighted by Crippen LogP contribution is 2.07. The van der Waals surface area contributed by atoms with E-state index in [1.54, 1.807) is 0 Å². The number of aromatic carboxylic acids is 1. The Morgan fingerprint density at radius 2 is 2.13 bits per heavy atom. The number of furan rings is 1. The molecule has 6 nitrogen and oxygen atoms in total. The van der Waals surface area contributed by atoms with Crippen LogP contribution in [0.2, 0.25) is 0 Å². The third kappa shape index (κ3) is 3.35. The van der Waals surface area contributed by atoms with Gasteiger partial charge in [-0.15, -0.1) is 0 Å². The molecule has 0 aliphatic carbocycles. The summed E-state index contributed by atoms with van der Waals surface area (Å²) < 4.78 is 4.96. The van der Waals surface area contributed by atoms with E-state index < -0.39 is 12.0 Å². The first-order valence-corrected chi connectivity index (χ1v) is 4.43. The Bertz CT molecular complexity index is 318. The molecule has 0 aliphatic rings. The van der Waals surface area contributed by atoms with Crippen LogP contribution in [0, 0.1) is 0 Å². The number of aliphatic hydroxyl groups is 2. The predicted molar refractivity (Wildman–Crippen MR) is 50.5 cm³/mol. The van der Waals surface area contributed by atoms with Gasteiger partial charge in [-0.1, -0.05) is 0 Å². The number of hydrogen-bond acceptors (Lipinski definition) is 5. The van der Waals surface area contributed by atoms with E-state index in [9.17, 15) is 4.79 Å². The Morgan fingerprint density at radius 1 is 1.47 bits per heavy atom. The van der Waals surface area contributed by atoms with Gasteiger partial charge in [-0.05, 0) is 6.07 Å². The number of nitrogens with one attached hydrogen (secondary N) is 1. The first-order chi connectivity index (χ1) is 7.17. The van der Waals surface area contributed by atoms with E-state index >= 15 is 0 Å². The van der Waals surface area contributed by atoms with Gasteiger partial charge in [-0.3, -0.25) is 0 Å². The van der Waals surface area contributed by atoms with E-state index in [0.29, 0.717) is 5.76 Å². The van der Waals surface area contributed by atoms with Crippen LogP contribution >= 0.6 is 0 Å². The zero-order valence-corrected chi connectivity index (χ0v) is 8.01. The van der Waals surface area contributed by atoms with Crippen LogP contribution in [0.25, 0.3) is 0 Å². The van der Waals surface area contributed by atoms with E-state index in [4.69, 9.17) is 19.7 Å². The summed E-state index contributed by atoms with van der Waals surface area (Å²) in [7, 11) is 0. The monoisotopic (exact) mass is 215 g/mol. The molecule has 0 bridgehead atoms. The lowest BCUT2D eigenvalue weighted by Crippen LogP contribution is -2.35. The van der Waals surface area contributed by atoms with Crippen molar-refractivity contribution in [2.24, 2.45) is 0 Å². The Morgan fingerprint density at radius 3 is 2.60 bits per heavy atom. The van der Waals surface area contributed by atoms with Gasteiger partial charge in [0.25, 0.3) is 0 Å². The Balaban J connectivity index is 2.47. The molecular weight excluding hydrogens is 202 g/mol. The molecule has 0 aliphatic heterocycles. The molecule has 0 aromatic carbocycles. The number of hydrogen-bond donors (Lipinski definition) is 4. The summed E-state index contributed by atoms with van der Waals surface area (Å²) in [5, 5.41) is 28.9. The van der Waals surface area contributed by atoms with Crippen molar-refractivity contribution in [3.8, 4) is 0 Å². The second-order valence-corrected chi connectivity index (χ2v) is 3.05. The van der Waals surface area contributed by atoms with E-state index in [1.165, 1.54) is 6.07 Å². The van der Waals surface area contributed by atoms with Crippen molar-refractivity contribution >= 4 is 5.97 Å². The maximum atomic E-state index is 10.5. The number of carbonyl (C=O) groups is 1. The van der Waals surface area contributed by atoms with Gasteiger partial charge in [0.15, 0.2) is 0 Å². The van der Waals surface area contributed by atoms with E-state index in [-0.39, 0.29) is 25.3 Å². The van der Waals surface area contributed by atoms with E-state index in [2.05, 4.69) is 5.32 Å². The van der Waals surface area contributed by atoms with Crippen LogP contribution in [0.5, 0.6) is 0 Å². The highest BCUT2D eigenvalue weighted by molar-refractivity contribution is 5.87. The molecular formula is C9H13NO5. The minimum atomic E-state index is -1.05. The van der Waals surface area contributed by atoms with Gasteiger partial charge in [0.2, 0.25) is 0 Å². The number of aliphatic hydroxyl groups excluding tert-OH is 2. The summed E-state index contributed by atoms with van der Waals surface area (Å²) in [5.41, 5.74) is 0.0800. The first-order valence-electron chi connectivity index (χ1n) is 4.43. The molecule has 1 heterocycles. The van der Waals surface area contributed by atoms with Crippen LogP contribution in [0.15, 0.2) is 16.7 Å². The van der Waals surface area contributed by atoms with Crippen molar-refractivity contribution in [2.45, 2.75) is 12.6 Å². The van der Waals surface area contributed by atoms with Crippen molar-refractivity contribution < 1.29 is 24.5 Å². The van der Waals surface area contributed by atoms with Gasteiger partial charge in [-0.2, -0.15) is 0 Å². The van der Waals surface area contributed by atoms with Gasteiger partial charge in [0.1, 0.15) is 12.0 Å². The summed E-state index contributed by atoms with van der Waals surface area (Å²) in [4.78, 5) is 10.5. The topological polar surface area (TPSA) is 103 Å². The molecule has 0 amide bonds. The maximum absolute atomic E-state index is 10.5. The molecule has 0 atom stereocenters. The summed E-state index contributed by atoms with van der Waals surface area (Å²) in [6, 6.07) is 0.963. The minimum absolute atomic E-state index is 0.0800. The molecule has 0 radical (unpaired) electrons. The lowest BCUT2D eigenvalue weighted by atomic mass is 10.3. The lowest BCUT2D eigenvalue weighted by Gasteiger charge is -2.11. The first kappa shape index (κ1) is 11.7. The fourth-order valence-electron chi connectivity index (χ4n) is 1.02. The molecule has 1 aromatic heterocycles. The lowest BCUT2D eigenvalue weighted by molar-refractivity contribution is 0.0696. The van der Waals surface area contributed by atoms with Crippen molar-refractivity contribution in [3.05, 3.63) is 23.7 Å². The Labute approximate surface area is 86.1 Å². The van der Waals surface area contributed by atoms with Crippen molar-refractivity contribution in [1.29, 1.82) is 0 Å². The average molecular weight is 215 g/mol. The smallest absolute Gasteiger partial charge is 0.338 e. The zero-order valence-electron chi connectivity index (χ0n) is 8.01. The van der Waals surface area contributed by atoms with E-state index in [0.717, 1.165) is 6.26 Å². The van der Waals surface area contributed by atoms with Gasteiger partial charge in [0, 0.05) is 0 Å². The summed E-state index contributed by atoms with van der Waals surface area (Å²) >= 11 is 0. The van der Waals surface area contributed by atoms with Crippen LogP contribution < -0.4 is 5.32 Å². The molecule has 1 rings (SSSR count). The third-order valence-electron chi connectivity index (χ3n) is 1.91. The van der Waals surface area contributed by atoms with Crippen LogP contribution in [-0.4, -0.2) is 40.5 Å². The Kier molecular flexibility index (Phi) is 4.29. The van der Waals surface area contributed by atoms with Crippen LogP contribution in [-0.2, 0) is 6.54 Å². The van der Waals surface area contributed by atoms with Crippen molar-refractivity contribution in [1.82, 2.24) is 5.32 Å². The fraction of sp³-hybridized carbons (Fsp3) is 0.444. The van der Waals surface area contributed by atoms with Crippen LogP contribution in [0.3, 0.4) is 0 Å². The predicted octanol–water partition coefficient (Wildman–Crippen LogP) is -0.579. The summed E-state index contributed by atoms with van der Waals surface area (Å²) in [6.07, 6.45) is 1.15. The third-order valence-corrected chi connectivity index (χ3v) is 1.91. The summed E-state index contributed by atoms with van der Waals surface area (Å²) in [5.74, 6) is -0.606. The summed E-state index contributed by atoms with van der Waals surface area (Å²) in [6.45, 7) is -0.120. The molecule has 0 spiro atoms. The molecule has 84 valence electrons. The Hall–Kier alpha value is -1.37. The number of carboxylic acids is 1. The molecule has 0 unspecified atom stereocenters. The van der Waals surface area contributed by atoms with Gasteiger partial charge in [0.05, 0.1) is 31.4 Å². The van der Waals surface area contributed by atoms with E-state index in [1.807, 2.05) is 0 Å². The van der Waals surface area contributed by atoms with Crippen molar-refractivity contribution in [2.75, 3.05) is 13.2 Å². The average Bonchev–Trinajstić information content (AvgIpc) is 2.68. The largest absolute Gasteiger partial charge is 0.478 e. The standard InChI is InChI=1S/C9H13NO5/c11-3-7(4-12)10-2-8-1-6(5-15-8)9(13)14/h1,5,7,10-12H,2-4H2,(H,13,14). The zero-order chi connectivity index (χ0) is 11.3. The quantitative estimate of drug-likeness (QED) is 0.506. The molecule has 15 heavy (non-hydrogen) atoms. The molecule has 4 N–H and O–H groups in total. The maximum Gasteiger partial charge on any atom is 0.338 e. The normalized spacial score (nSPS) is 10.9. The molecule has 1 aromatic rings. The molecule has 0 fully saturated rings. The molecule has 6 heteroatoms. The van der Waals surface area contributed by atoms with Gasteiger partial charge >= 0.3 is 5.97 Å².